The smallest absolute Gasteiger partial charge is 0.364 e. The molecule has 1 amide bonds. The van der Waals surface area contributed by atoms with Gasteiger partial charge in [-0.15, -0.1) is 11.3 Å². The third kappa shape index (κ3) is 7.07. The second-order valence-corrected chi connectivity index (χ2v) is 13.5. The number of alkyl halides is 3. The van der Waals surface area contributed by atoms with Crippen molar-refractivity contribution in [2.24, 2.45) is 0 Å². The molecule has 2 N–H and O–H groups in total. The monoisotopic (exact) mass is 647 g/mol. The van der Waals surface area contributed by atoms with Crippen LogP contribution in [0.2, 0.25) is 4.34 Å². The molecule has 4 aromatic rings. The minimum absolute atomic E-state index is 0.0103. The molecule has 14 heteroatoms. The normalized spacial score (nSPS) is 16.3. The van der Waals surface area contributed by atoms with Gasteiger partial charge in [0.15, 0.2) is 0 Å². The third-order valence-corrected chi connectivity index (χ3v) is 10.3. The Morgan fingerprint density at radius 3 is 2.49 bits per heavy atom. The molecule has 43 heavy (non-hydrogen) atoms. The quantitative estimate of drug-likeness (QED) is 0.207. The van der Waals surface area contributed by atoms with E-state index in [1.807, 2.05) is 19.1 Å². The van der Waals surface area contributed by atoms with E-state index in [4.69, 9.17) is 11.6 Å². The first kappa shape index (κ1) is 30.7. The Hall–Kier alpha value is -3.78. The predicted molar refractivity (Wildman–Crippen MR) is 159 cm³/mol. The van der Waals surface area contributed by atoms with Crippen LogP contribution in [0.3, 0.4) is 0 Å². The number of thiophene rings is 1. The lowest BCUT2D eigenvalue weighted by molar-refractivity contribution is -0.137. The van der Waals surface area contributed by atoms with E-state index in [1.54, 1.807) is 30.6 Å². The van der Waals surface area contributed by atoms with Crippen LogP contribution in [-0.4, -0.2) is 41.2 Å². The van der Waals surface area contributed by atoms with E-state index >= 15 is 0 Å². The van der Waals surface area contributed by atoms with E-state index in [2.05, 4.69) is 20.6 Å². The van der Waals surface area contributed by atoms with Crippen LogP contribution in [0, 0.1) is 0 Å². The number of nitrogens with one attached hydrogen (secondary N) is 2. The van der Waals surface area contributed by atoms with Gasteiger partial charge in [-0.05, 0) is 66.6 Å². The molecule has 0 bridgehead atoms. The standard InChI is InChI=1S/C29H25ClF3N5O3S2/c1-18(20-10-12-34-13-11-20)36-26-16-19(15-23(37-26)21-4-6-22(7-5-21)29(31,32)33)17-35-28(39)24-3-2-14-38(24)43(40,41)27-9-8-25(30)42-27/h2-13,15-16,18,24H,14,17H2,1H3,(H,35,39)(H,36,37). The Labute approximate surface area is 255 Å². The van der Waals surface area contributed by atoms with Crippen LogP contribution in [0.1, 0.15) is 29.7 Å². The molecule has 5 rings (SSSR count). The first-order valence-electron chi connectivity index (χ1n) is 13.0. The highest BCUT2D eigenvalue weighted by atomic mass is 35.5. The molecule has 224 valence electrons. The van der Waals surface area contributed by atoms with Gasteiger partial charge in [0.2, 0.25) is 5.91 Å². The molecule has 0 saturated heterocycles. The number of aromatic nitrogens is 2. The predicted octanol–water partition coefficient (Wildman–Crippen LogP) is 6.30. The maximum absolute atomic E-state index is 13.2. The van der Waals surface area contributed by atoms with Crippen LogP contribution in [0.15, 0.2) is 89.4 Å². The first-order valence-corrected chi connectivity index (χ1v) is 15.6. The van der Waals surface area contributed by atoms with Crippen LogP contribution >= 0.6 is 22.9 Å². The number of amides is 1. The van der Waals surface area contributed by atoms with Gasteiger partial charge in [-0.3, -0.25) is 9.78 Å². The van der Waals surface area contributed by atoms with Gasteiger partial charge in [0.25, 0.3) is 10.0 Å². The number of hydrogen-bond donors (Lipinski definition) is 2. The molecule has 1 aliphatic heterocycles. The summed E-state index contributed by atoms with van der Waals surface area (Å²) in [6.45, 7) is 1.96. The fraction of sp³-hybridized carbons (Fsp3) is 0.207. The molecule has 1 aromatic carbocycles. The lowest BCUT2D eigenvalue weighted by Gasteiger charge is -2.22. The van der Waals surface area contributed by atoms with Crippen molar-refractivity contribution in [2.75, 3.05) is 11.9 Å². The van der Waals surface area contributed by atoms with Crippen molar-refractivity contribution < 1.29 is 26.4 Å². The summed E-state index contributed by atoms with van der Waals surface area (Å²) in [7, 11) is -3.96. The Morgan fingerprint density at radius 1 is 1.12 bits per heavy atom. The Bertz CT molecular complexity index is 1750. The van der Waals surface area contributed by atoms with Gasteiger partial charge in [0.1, 0.15) is 16.1 Å². The van der Waals surface area contributed by atoms with E-state index in [-0.39, 0.29) is 23.3 Å². The van der Waals surface area contributed by atoms with Gasteiger partial charge in [-0.25, -0.2) is 13.4 Å². The van der Waals surface area contributed by atoms with Gasteiger partial charge >= 0.3 is 6.18 Å². The summed E-state index contributed by atoms with van der Waals surface area (Å²) in [6, 6.07) is 13.4. The van der Waals surface area contributed by atoms with Gasteiger partial charge in [0, 0.05) is 31.0 Å². The average Bonchev–Trinajstić information content (AvgIpc) is 3.66. The molecule has 0 radical (unpaired) electrons. The molecule has 0 fully saturated rings. The zero-order chi connectivity index (χ0) is 30.8. The maximum Gasteiger partial charge on any atom is 0.416 e. The topological polar surface area (TPSA) is 104 Å². The number of carbonyl (C=O) groups is 1. The number of hydrogen-bond acceptors (Lipinski definition) is 7. The number of benzene rings is 1. The number of rotatable bonds is 9. The highest BCUT2D eigenvalue weighted by Gasteiger charge is 2.37. The summed E-state index contributed by atoms with van der Waals surface area (Å²) in [5.41, 5.74) is 1.60. The Kier molecular flexibility index (Phi) is 8.88. The van der Waals surface area contributed by atoms with E-state index in [9.17, 15) is 26.4 Å². The summed E-state index contributed by atoms with van der Waals surface area (Å²) >= 11 is 6.84. The van der Waals surface area contributed by atoms with Crippen molar-refractivity contribution in [2.45, 2.75) is 35.9 Å². The molecule has 0 saturated carbocycles. The fourth-order valence-corrected chi connectivity index (χ4v) is 7.62. The highest BCUT2D eigenvalue weighted by molar-refractivity contribution is 7.91. The lowest BCUT2D eigenvalue weighted by Crippen LogP contribution is -2.45. The van der Waals surface area contributed by atoms with Crippen LogP contribution < -0.4 is 10.6 Å². The van der Waals surface area contributed by atoms with Crippen molar-refractivity contribution in [1.29, 1.82) is 0 Å². The minimum atomic E-state index is -4.48. The van der Waals surface area contributed by atoms with Gasteiger partial charge in [0.05, 0.1) is 21.6 Å². The molecule has 4 heterocycles. The second kappa shape index (κ2) is 12.4. The van der Waals surface area contributed by atoms with Crippen molar-refractivity contribution in [3.63, 3.8) is 0 Å². The van der Waals surface area contributed by atoms with Crippen molar-refractivity contribution in [1.82, 2.24) is 19.6 Å². The number of sulfonamides is 1. The summed E-state index contributed by atoms with van der Waals surface area (Å²) in [5.74, 6) is -0.0990. The van der Waals surface area contributed by atoms with Gasteiger partial charge in [-0.2, -0.15) is 17.5 Å². The summed E-state index contributed by atoms with van der Waals surface area (Å²) in [6.07, 6.45) is 1.97. The number of carbonyl (C=O) groups excluding carboxylic acids is 1. The number of anilines is 1. The van der Waals surface area contributed by atoms with E-state index in [0.717, 1.165) is 33.3 Å². The molecule has 2 atom stereocenters. The fourth-order valence-electron chi connectivity index (χ4n) is 4.51. The maximum atomic E-state index is 13.2. The molecule has 0 spiro atoms. The largest absolute Gasteiger partial charge is 0.416 e. The Balaban J connectivity index is 1.38. The average molecular weight is 648 g/mol. The SMILES string of the molecule is CC(Nc1cc(CNC(=O)C2C=CCN2S(=O)(=O)c2ccc(Cl)s2)cc(-c2ccc(C(F)(F)F)cc2)n1)c1ccncc1. The van der Waals surface area contributed by atoms with E-state index in [0.29, 0.717) is 27.0 Å². The molecule has 8 nitrogen and oxygen atoms in total. The van der Waals surface area contributed by atoms with Crippen molar-refractivity contribution in [3.05, 3.63) is 106 Å². The Morgan fingerprint density at radius 2 is 1.84 bits per heavy atom. The van der Waals surface area contributed by atoms with Crippen LogP contribution in [0.4, 0.5) is 19.0 Å². The van der Waals surface area contributed by atoms with Gasteiger partial charge in [-0.1, -0.05) is 35.9 Å². The summed E-state index contributed by atoms with van der Waals surface area (Å²) < 4.78 is 67.2. The van der Waals surface area contributed by atoms with Crippen LogP contribution in [0.5, 0.6) is 0 Å². The van der Waals surface area contributed by atoms with E-state index < -0.39 is 33.7 Å². The van der Waals surface area contributed by atoms with Crippen LogP contribution in [0.25, 0.3) is 11.3 Å². The molecule has 3 aromatic heterocycles. The van der Waals surface area contributed by atoms with Crippen molar-refractivity contribution in [3.8, 4) is 11.3 Å². The summed E-state index contributed by atoms with van der Waals surface area (Å²) in [4.78, 5) is 21.9. The second-order valence-electron chi connectivity index (χ2n) is 9.69. The number of pyridine rings is 2. The number of halogens is 4. The molecular weight excluding hydrogens is 623 g/mol. The molecule has 1 aliphatic rings. The van der Waals surface area contributed by atoms with Gasteiger partial charge < -0.3 is 10.6 Å². The summed E-state index contributed by atoms with van der Waals surface area (Å²) in [5, 5.41) is 6.08. The van der Waals surface area contributed by atoms with Crippen molar-refractivity contribution >= 4 is 44.7 Å². The molecule has 0 aliphatic carbocycles. The molecular formula is C29H25ClF3N5O3S2. The lowest BCUT2D eigenvalue weighted by atomic mass is 10.1. The first-order chi connectivity index (χ1) is 20.4. The zero-order valence-corrected chi connectivity index (χ0v) is 24.9. The highest BCUT2D eigenvalue weighted by Crippen LogP contribution is 2.32. The third-order valence-electron chi connectivity index (χ3n) is 6.72. The van der Waals surface area contributed by atoms with Crippen LogP contribution in [-0.2, 0) is 27.5 Å². The zero-order valence-electron chi connectivity index (χ0n) is 22.5. The minimum Gasteiger partial charge on any atom is -0.364 e. The van der Waals surface area contributed by atoms with E-state index in [1.165, 1.54) is 30.3 Å². The molecule has 2 unspecified atom stereocenters. The number of nitrogens with zero attached hydrogens (tertiary/aromatic N) is 3.